The summed E-state index contributed by atoms with van der Waals surface area (Å²) in [5.74, 6) is -0.456. The average Bonchev–Trinajstić information content (AvgIpc) is 3.14. The number of urea groups is 1. The SMILES string of the molecule is Cn1ncc2c1CNCC2ONC(=O)[C@@H]1CC[C@@H]2CN1C(=O)N2OS(=O)[O-]. The van der Waals surface area contributed by atoms with Crippen molar-refractivity contribution in [2.24, 2.45) is 7.05 Å². The fraction of sp³-hybridized carbons (Fsp3) is 0.643. The van der Waals surface area contributed by atoms with E-state index in [1.807, 2.05) is 7.05 Å². The fourth-order valence-electron chi connectivity index (χ4n) is 3.77. The molecule has 3 aliphatic rings. The molecule has 2 N–H and O–H groups in total. The number of fused-ring (bicyclic) bond motifs is 3. The summed E-state index contributed by atoms with van der Waals surface area (Å²) in [4.78, 5) is 31.8. The molecule has 0 spiro atoms. The second-order valence-corrected chi connectivity index (χ2v) is 7.22. The number of rotatable bonds is 5. The highest BCUT2D eigenvalue weighted by Crippen LogP contribution is 2.30. The van der Waals surface area contributed by atoms with Gasteiger partial charge < -0.3 is 14.8 Å². The minimum absolute atomic E-state index is 0.228. The van der Waals surface area contributed by atoms with E-state index < -0.39 is 29.3 Å². The Morgan fingerprint density at radius 3 is 3.07 bits per heavy atom. The molecule has 148 valence electrons. The Kier molecular flexibility index (Phi) is 4.86. The molecule has 3 amide bonds. The molecule has 3 aliphatic heterocycles. The highest BCUT2D eigenvalue weighted by molar-refractivity contribution is 7.74. The molecule has 4 rings (SSSR count). The van der Waals surface area contributed by atoms with Gasteiger partial charge in [-0.15, -0.1) is 0 Å². The van der Waals surface area contributed by atoms with Crippen LogP contribution >= 0.6 is 0 Å². The maximum atomic E-state index is 12.6. The molecule has 0 saturated carbocycles. The first-order valence-electron chi connectivity index (χ1n) is 8.50. The zero-order valence-corrected chi connectivity index (χ0v) is 15.3. The quantitative estimate of drug-likeness (QED) is 0.455. The fourth-order valence-corrected chi connectivity index (χ4v) is 4.08. The summed E-state index contributed by atoms with van der Waals surface area (Å²) < 4.78 is 27.8. The lowest BCUT2D eigenvalue weighted by Gasteiger charge is -2.30. The van der Waals surface area contributed by atoms with Crippen LogP contribution in [0.2, 0.25) is 0 Å². The number of carbonyl (C=O) groups excluding carboxylic acids is 2. The minimum Gasteiger partial charge on any atom is -0.748 e. The third-order valence-electron chi connectivity index (χ3n) is 5.13. The van der Waals surface area contributed by atoms with Gasteiger partial charge in [0, 0.05) is 32.2 Å². The van der Waals surface area contributed by atoms with Gasteiger partial charge in [0.1, 0.15) is 23.5 Å². The van der Waals surface area contributed by atoms with Crippen LogP contribution in [0.3, 0.4) is 0 Å². The summed E-state index contributed by atoms with van der Waals surface area (Å²) >= 11 is -2.85. The van der Waals surface area contributed by atoms with Gasteiger partial charge >= 0.3 is 6.03 Å². The summed E-state index contributed by atoms with van der Waals surface area (Å²) in [6.45, 7) is 1.42. The molecule has 12 nitrogen and oxygen atoms in total. The van der Waals surface area contributed by atoms with Gasteiger partial charge in [-0.3, -0.25) is 14.3 Å². The maximum Gasteiger partial charge on any atom is 0.346 e. The lowest BCUT2D eigenvalue weighted by atomic mass is 10.0. The highest BCUT2D eigenvalue weighted by atomic mass is 32.2. The van der Waals surface area contributed by atoms with Gasteiger partial charge in [-0.2, -0.15) is 14.4 Å². The maximum absolute atomic E-state index is 12.6. The Morgan fingerprint density at radius 2 is 2.30 bits per heavy atom. The van der Waals surface area contributed by atoms with Crippen molar-refractivity contribution in [3.63, 3.8) is 0 Å². The number of amides is 3. The Morgan fingerprint density at radius 1 is 1.48 bits per heavy atom. The summed E-state index contributed by atoms with van der Waals surface area (Å²) in [6.07, 6.45) is 2.16. The Balaban J connectivity index is 1.38. The van der Waals surface area contributed by atoms with E-state index in [1.165, 1.54) is 4.90 Å². The molecule has 0 aromatic carbocycles. The van der Waals surface area contributed by atoms with Crippen molar-refractivity contribution in [2.75, 3.05) is 13.1 Å². The summed E-state index contributed by atoms with van der Waals surface area (Å²) in [6, 6.07) is -1.77. The first kappa shape index (κ1) is 18.3. The van der Waals surface area contributed by atoms with Crippen LogP contribution in [0.25, 0.3) is 0 Å². The average molecular weight is 399 g/mol. The van der Waals surface area contributed by atoms with Crippen LogP contribution in [0.5, 0.6) is 0 Å². The highest BCUT2D eigenvalue weighted by Gasteiger charge is 2.48. The molecule has 2 saturated heterocycles. The molecule has 4 atom stereocenters. The first-order chi connectivity index (χ1) is 13.0. The van der Waals surface area contributed by atoms with Crippen molar-refractivity contribution in [3.05, 3.63) is 17.5 Å². The standard InChI is InChI=1S/C14H20N6O6S/c1-18-11-5-15-6-12(9(11)4-16-18)25-17-13(21)10-3-2-8-7-19(10)14(22)20(8)26-27(23)24/h4,8,10,12,15H,2-3,5-7H2,1H3,(H,17,21)(H,23,24)/p-1/t8-,10+,12?/m1/s1. The van der Waals surface area contributed by atoms with Crippen molar-refractivity contribution in [3.8, 4) is 0 Å². The molecular formula is C14H19N6O6S-. The molecule has 2 bridgehead atoms. The number of nitrogens with one attached hydrogen (secondary N) is 2. The molecule has 0 radical (unpaired) electrons. The Labute approximate surface area is 157 Å². The van der Waals surface area contributed by atoms with Crippen molar-refractivity contribution in [1.82, 2.24) is 30.5 Å². The number of carbonyl (C=O) groups is 2. The van der Waals surface area contributed by atoms with Crippen LogP contribution in [-0.2, 0) is 38.9 Å². The summed E-state index contributed by atoms with van der Waals surface area (Å²) in [7, 11) is 1.83. The number of hydroxylamine groups is 3. The van der Waals surface area contributed by atoms with Gasteiger partial charge in [-0.25, -0.2) is 14.5 Å². The zero-order chi connectivity index (χ0) is 19.1. The smallest absolute Gasteiger partial charge is 0.346 e. The number of hydrogen-bond acceptors (Lipinski definition) is 8. The van der Waals surface area contributed by atoms with Gasteiger partial charge in [0.25, 0.3) is 5.91 Å². The normalized spacial score (nSPS) is 28.2. The second-order valence-electron chi connectivity index (χ2n) is 6.66. The Bertz CT molecular complexity index is 786. The van der Waals surface area contributed by atoms with E-state index in [4.69, 9.17) is 4.84 Å². The minimum atomic E-state index is -2.85. The molecular weight excluding hydrogens is 380 g/mol. The van der Waals surface area contributed by atoms with E-state index in [2.05, 4.69) is 20.2 Å². The molecule has 2 unspecified atom stereocenters. The summed E-state index contributed by atoms with van der Waals surface area (Å²) in [5, 5.41) is 8.20. The van der Waals surface area contributed by atoms with Crippen LogP contribution in [0.15, 0.2) is 6.20 Å². The molecule has 27 heavy (non-hydrogen) atoms. The number of aromatic nitrogens is 2. The molecule has 0 aliphatic carbocycles. The topological polar surface area (TPSA) is 141 Å². The largest absolute Gasteiger partial charge is 0.748 e. The van der Waals surface area contributed by atoms with E-state index in [0.29, 0.717) is 25.9 Å². The molecule has 1 aromatic rings. The van der Waals surface area contributed by atoms with Gasteiger partial charge in [-0.05, 0) is 12.8 Å². The van der Waals surface area contributed by atoms with Crippen LogP contribution < -0.4 is 10.8 Å². The van der Waals surface area contributed by atoms with Crippen LogP contribution in [-0.4, -0.2) is 65.6 Å². The van der Waals surface area contributed by atoms with E-state index in [1.54, 1.807) is 10.9 Å². The van der Waals surface area contributed by atoms with Crippen molar-refractivity contribution >= 4 is 23.3 Å². The van der Waals surface area contributed by atoms with E-state index in [9.17, 15) is 18.4 Å². The third-order valence-corrected chi connectivity index (χ3v) is 5.41. The number of hydrogen-bond donors (Lipinski definition) is 2. The van der Waals surface area contributed by atoms with Gasteiger partial charge in [0.05, 0.1) is 17.9 Å². The van der Waals surface area contributed by atoms with Crippen LogP contribution in [0.1, 0.15) is 30.2 Å². The molecule has 1 aromatic heterocycles. The molecule has 2 fully saturated rings. The number of piperidine rings is 1. The predicted octanol–water partition coefficient (Wildman–Crippen LogP) is -1.39. The lowest BCUT2D eigenvalue weighted by molar-refractivity contribution is -0.144. The van der Waals surface area contributed by atoms with Crippen LogP contribution in [0.4, 0.5) is 4.79 Å². The predicted molar refractivity (Wildman–Crippen MR) is 87.6 cm³/mol. The molecule has 4 heterocycles. The van der Waals surface area contributed by atoms with Crippen LogP contribution in [0, 0.1) is 0 Å². The monoisotopic (exact) mass is 399 g/mol. The van der Waals surface area contributed by atoms with E-state index >= 15 is 0 Å². The van der Waals surface area contributed by atoms with Gasteiger partial charge in [0.15, 0.2) is 0 Å². The second kappa shape index (κ2) is 7.16. The van der Waals surface area contributed by atoms with Gasteiger partial charge in [-0.1, -0.05) is 0 Å². The van der Waals surface area contributed by atoms with Crippen molar-refractivity contribution in [2.45, 2.75) is 37.6 Å². The third kappa shape index (κ3) is 3.32. The van der Waals surface area contributed by atoms with E-state index in [0.717, 1.165) is 16.3 Å². The van der Waals surface area contributed by atoms with E-state index in [-0.39, 0.29) is 18.7 Å². The first-order valence-corrected chi connectivity index (χ1v) is 9.50. The van der Waals surface area contributed by atoms with Crippen molar-refractivity contribution in [1.29, 1.82) is 0 Å². The Hall–Kier alpha value is -2.06. The number of nitrogens with zero attached hydrogens (tertiary/aromatic N) is 4. The lowest BCUT2D eigenvalue weighted by Crippen LogP contribution is -2.50. The zero-order valence-electron chi connectivity index (χ0n) is 14.5. The van der Waals surface area contributed by atoms with Gasteiger partial charge in [0.2, 0.25) is 0 Å². The molecule has 13 heteroatoms. The summed E-state index contributed by atoms with van der Waals surface area (Å²) in [5.41, 5.74) is 4.32. The van der Waals surface area contributed by atoms with Crippen molar-refractivity contribution < 1.29 is 27.5 Å². The number of aryl methyl sites for hydroxylation is 1.